The van der Waals surface area contributed by atoms with Gasteiger partial charge in [0.05, 0.1) is 6.20 Å². The first-order valence-corrected chi connectivity index (χ1v) is 7.75. The Labute approximate surface area is 109 Å². The van der Waals surface area contributed by atoms with E-state index in [1.165, 1.54) is 23.4 Å². The fourth-order valence-corrected chi connectivity index (χ4v) is 2.16. The molecule has 0 atom stereocenters. The molecule has 1 aromatic heterocycles. The first-order valence-electron chi connectivity index (χ1n) is 6.36. The minimum absolute atomic E-state index is 0.701. The minimum Gasteiger partial charge on any atom is -0.312 e. The van der Waals surface area contributed by atoms with E-state index in [0.29, 0.717) is 5.92 Å². The fourth-order valence-electron chi connectivity index (χ4n) is 1.74. The number of rotatable bonds is 8. The minimum atomic E-state index is 0.701. The number of hydrogen-bond acceptors (Lipinski definition) is 3. The molecule has 0 aliphatic carbocycles. The zero-order valence-electron chi connectivity index (χ0n) is 11.5. The Morgan fingerprint density at radius 1 is 1.47 bits per heavy atom. The van der Waals surface area contributed by atoms with Gasteiger partial charge in [0, 0.05) is 24.3 Å². The first kappa shape index (κ1) is 14.6. The van der Waals surface area contributed by atoms with Crippen molar-refractivity contribution in [1.29, 1.82) is 0 Å². The zero-order valence-corrected chi connectivity index (χ0v) is 12.3. The summed E-state index contributed by atoms with van der Waals surface area (Å²) in [5, 5.41) is 7.92. The van der Waals surface area contributed by atoms with Crippen LogP contribution >= 0.6 is 11.8 Å². The Morgan fingerprint density at radius 2 is 2.24 bits per heavy atom. The molecule has 0 amide bonds. The van der Waals surface area contributed by atoms with E-state index in [9.17, 15) is 0 Å². The maximum atomic E-state index is 4.45. The lowest BCUT2D eigenvalue weighted by Crippen LogP contribution is -2.19. The van der Waals surface area contributed by atoms with Crippen LogP contribution in [0.15, 0.2) is 6.20 Å². The Balaban J connectivity index is 2.40. The maximum Gasteiger partial charge on any atom is 0.0537 e. The highest BCUT2D eigenvalue weighted by molar-refractivity contribution is 7.98. The van der Waals surface area contributed by atoms with Crippen molar-refractivity contribution in [2.45, 2.75) is 40.3 Å². The molecule has 0 bridgehead atoms. The van der Waals surface area contributed by atoms with E-state index in [0.717, 1.165) is 19.6 Å². The van der Waals surface area contributed by atoms with Crippen LogP contribution in [0, 0.1) is 12.8 Å². The summed E-state index contributed by atoms with van der Waals surface area (Å²) < 4.78 is 2.13. The molecule has 1 heterocycles. The van der Waals surface area contributed by atoms with Crippen LogP contribution in [0.4, 0.5) is 0 Å². The molecule has 0 radical (unpaired) electrons. The third kappa shape index (κ3) is 5.13. The number of thioether (sulfide) groups is 1. The van der Waals surface area contributed by atoms with Crippen molar-refractivity contribution < 1.29 is 0 Å². The third-order valence-corrected chi connectivity index (χ3v) is 3.49. The van der Waals surface area contributed by atoms with Gasteiger partial charge in [-0.2, -0.15) is 16.9 Å². The third-order valence-electron chi connectivity index (χ3n) is 2.79. The van der Waals surface area contributed by atoms with Gasteiger partial charge in [-0.05, 0) is 37.8 Å². The fraction of sp³-hybridized carbons (Fsp3) is 0.769. The summed E-state index contributed by atoms with van der Waals surface area (Å²) in [6, 6.07) is 0. The van der Waals surface area contributed by atoms with Crippen LogP contribution in [0.1, 0.15) is 31.5 Å². The Kier molecular flexibility index (Phi) is 6.66. The van der Waals surface area contributed by atoms with E-state index in [-0.39, 0.29) is 0 Å². The molecule has 0 spiro atoms. The standard InChI is InChI=1S/C13H25N3S/c1-11(2)8-14-9-13-10-15-16(12(13)3)6-5-7-17-4/h10-11,14H,5-9H2,1-4H3. The molecule has 1 rings (SSSR count). The summed E-state index contributed by atoms with van der Waals surface area (Å²) in [6.07, 6.45) is 5.35. The molecular formula is C13H25N3S. The van der Waals surface area contributed by atoms with Crippen molar-refractivity contribution >= 4 is 11.8 Å². The second-order valence-electron chi connectivity index (χ2n) is 4.85. The van der Waals surface area contributed by atoms with Crippen molar-refractivity contribution in [1.82, 2.24) is 15.1 Å². The average Bonchev–Trinajstić information content (AvgIpc) is 2.61. The van der Waals surface area contributed by atoms with Crippen molar-refractivity contribution in [2.75, 3.05) is 18.6 Å². The molecule has 0 aromatic carbocycles. The number of aromatic nitrogens is 2. The zero-order chi connectivity index (χ0) is 12.7. The monoisotopic (exact) mass is 255 g/mol. The highest BCUT2D eigenvalue weighted by atomic mass is 32.2. The van der Waals surface area contributed by atoms with Crippen molar-refractivity contribution in [2.24, 2.45) is 5.92 Å². The lowest BCUT2D eigenvalue weighted by molar-refractivity contribution is 0.549. The molecular weight excluding hydrogens is 230 g/mol. The van der Waals surface area contributed by atoms with Gasteiger partial charge in [-0.3, -0.25) is 4.68 Å². The highest BCUT2D eigenvalue weighted by Gasteiger charge is 2.05. The quantitative estimate of drug-likeness (QED) is 0.724. The molecule has 17 heavy (non-hydrogen) atoms. The lowest BCUT2D eigenvalue weighted by Gasteiger charge is -2.08. The summed E-state index contributed by atoms with van der Waals surface area (Å²) in [5.74, 6) is 1.91. The normalized spacial score (nSPS) is 11.4. The second kappa shape index (κ2) is 7.77. The van der Waals surface area contributed by atoms with Gasteiger partial charge < -0.3 is 5.32 Å². The molecule has 1 aromatic rings. The molecule has 0 unspecified atom stereocenters. The van der Waals surface area contributed by atoms with E-state index in [2.05, 4.69) is 42.1 Å². The predicted octanol–water partition coefficient (Wildman–Crippen LogP) is 2.69. The van der Waals surface area contributed by atoms with Gasteiger partial charge in [-0.15, -0.1) is 0 Å². The van der Waals surface area contributed by atoms with E-state index in [4.69, 9.17) is 0 Å². The summed E-state index contributed by atoms with van der Waals surface area (Å²) in [5.41, 5.74) is 2.64. The van der Waals surface area contributed by atoms with Crippen LogP contribution in [-0.2, 0) is 13.1 Å². The molecule has 0 saturated heterocycles. The molecule has 0 fully saturated rings. The molecule has 0 aliphatic heterocycles. The van der Waals surface area contributed by atoms with Crippen LogP contribution in [0.2, 0.25) is 0 Å². The first-order chi connectivity index (χ1) is 8.15. The van der Waals surface area contributed by atoms with Crippen molar-refractivity contribution in [3.05, 3.63) is 17.5 Å². The van der Waals surface area contributed by atoms with Gasteiger partial charge in [-0.25, -0.2) is 0 Å². The van der Waals surface area contributed by atoms with E-state index in [1.54, 1.807) is 0 Å². The van der Waals surface area contributed by atoms with Gasteiger partial charge in [0.25, 0.3) is 0 Å². The lowest BCUT2D eigenvalue weighted by atomic mass is 10.2. The molecule has 0 saturated carbocycles. The van der Waals surface area contributed by atoms with Crippen LogP contribution in [-0.4, -0.2) is 28.3 Å². The molecule has 0 aliphatic rings. The molecule has 1 N–H and O–H groups in total. The van der Waals surface area contributed by atoms with Gasteiger partial charge in [-0.1, -0.05) is 13.8 Å². The van der Waals surface area contributed by atoms with Crippen LogP contribution < -0.4 is 5.32 Å². The van der Waals surface area contributed by atoms with Gasteiger partial charge in [0.1, 0.15) is 0 Å². The number of nitrogens with zero attached hydrogens (tertiary/aromatic N) is 2. The molecule has 98 valence electrons. The summed E-state index contributed by atoms with van der Waals surface area (Å²) in [4.78, 5) is 0. The second-order valence-corrected chi connectivity index (χ2v) is 5.84. The average molecular weight is 255 g/mol. The van der Waals surface area contributed by atoms with E-state index in [1.807, 2.05) is 18.0 Å². The number of hydrogen-bond donors (Lipinski definition) is 1. The SMILES string of the molecule is CSCCCn1ncc(CNCC(C)C)c1C. The van der Waals surface area contributed by atoms with E-state index < -0.39 is 0 Å². The van der Waals surface area contributed by atoms with Crippen molar-refractivity contribution in [3.8, 4) is 0 Å². The van der Waals surface area contributed by atoms with Crippen LogP contribution in [0.5, 0.6) is 0 Å². The Bertz CT molecular complexity index is 320. The molecule has 4 heteroatoms. The highest BCUT2D eigenvalue weighted by Crippen LogP contribution is 2.08. The predicted molar refractivity (Wildman–Crippen MR) is 76.5 cm³/mol. The summed E-state index contributed by atoms with van der Waals surface area (Å²) >= 11 is 1.90. The van der Waals surface area contributed by atoms with Crippen LogP contribution in [0.25, 0.3) is 0 Å². The largest absolute Gasteiger partial charge is 0.312 e. The summed E-state index contributed by atoms with van der Waals surface area (Å²) in [6.45, 7) is 9.66. The summed E-state index contributed by atoms with van der Waals surface area (Å²) in [7, 11) is 0. The number of nitrogens with one attached hydrogen (secondary N) is 1. The van der Waals surface area contributed by atoms with Gasteiger partial charge >= 0.3 is 0 Å². The molecule has 3 nitrogen and oxygen atoms in total. The maximum absolute atomic E-state index is 4.45. The Hall–Kier alpha value is -0.480. The van der Waals surface area contributed by atoms with Gasteiger partial charge in [0.2, 0.25) is 0 Å². The van der Waals surface area contributed by atoms with E-state index >= 15 is 0 Å². The van der Waals surface area contributed by atoms with Crippen LogP contribution in [0.3, 0.4) is 0 Å². The smallest absolute Gasteiger partial charge is 0.0537 e. The van der Waals surface area contributed by atoms with Crippen molar-refractivity contribution in [3.63, 3.8) is 0 Å². The number of aryl methyl sites for hydroxylation is 1. The Morgan fingerprint density at radius 3 is 2.88 bits per heavy atom. The topological polar surface area (TPSA) is 29.9 Å². The van der Waals surface area contributed by atoms with Gasteiger partial charge in [0.15, 0.2) is 0 Å².